The Bertz CT molecular complexity index is 941. The fourth-order valence-electron chi connectivity index (χ4n) is 2.75. The predicted octanol–water partition coefficient (Wildman–Crippen LogP) is 2.27. The Morgan fingerprint density at radius 2 is 1.93 bits per heavy atom. The second kappa shape index (κ2) is 7.11. The molecule has 2 aromatic rings. The van der Waals surface area contributed by atoms with Crippen molar-refractivity contribution in [1.29, 1.82) is 0 Å². The molecule has 27 heavy (non-hydrogen) atoms. The van der Waals surface area contributed by atoms with Crippen LogP contribution in [-0.2, 0) is 27.8 Å². The van der Waals surface area contributed by atoms with Crippen molar-refractivity contribution in [2.24, 2.45) is 0 Å². The highest BCUT2D eigenvalue weighted by Crippen LogP contribution is 2.33. The van der Waals surface area contributed by atoms with Gasteiger partial charge in [0.15, 0.2) is 0 Å². The molecule has 0 aliphatic carbocycles. The number of nitrogens with one attached hydrogen (secondary N) is 1. The van der Waals surface area contributed by atoms with Crippen LogP contribution in [0.25, 0.3) is 0 Å². The van der Waals surface area contributed by atoms with E-state index in [4.69, 9.17) is 5.21 Å². The highest BCUT2D eigenvalue weighted by atomic mass is 32.2. The van der Waals surface area contributed by atoms with E-state index in [9.17, 15) is 26.4 Å². The number of rotatable bonds is 4. The molecule has 0 fully saturated rings. The van der Waals surface area contributed by atoms with Crippen LogP contribution in [0.5, 0.6) is 5.75 Å². The molecule has 0 radical (unpaired) electrons. The molecular weight excluding hydrogens is 409 g/mol. The topological polar surface area (TPSA) is 95.9 Å². The lowest BCUT2D eigenvalue weighted by atomic mass is 10.0. The molecule has 0 saturated heterocycles. The Balaban J connectivity index is 1.93. The van der Waals surface area contributed by atoms with Crippen LogP contribution >= 0.6 is 11.3 Å². The number of ether oxygens (including phenoxy) is 1. The third-order valence-corrected chi connectivity index (χ3v) is 6.79. The molecule has 0 unspecified atom stereocenters. The van der Waals surface area contributed by atoms with E-state index in [-0.39, 0.29) is 17.9 Å². The van der Waals surface area contributed by atoms with E-state index in [2.05, 4.69) is 4.74 Å². The fraction of sp³-hybridized carbons (Fsp3) is 0.267. The van der Waals surface area contributed by atoms with Crippen LogP contribution < -0.4 is 10.2 Å². The fourth-order valence-corrected chi connectivity index (χ4v) is 5.30. The molecule has 1 atom stereocenters. The van der Waals surface area contributed by atoms with Gasteiger partial charge in [-0.2, -0.15) is 4.31 Å². The minimum absolute atomic E-state index is 0.0692. The van der Waals surface area contributed by atoms with Crippen molar-refractivity contribution in [3.63, 3.8) is 0 Å². The summed E-state index contributed by atoms with van der Waals surface area (Å²) in [5.74, 6) is -1.46. The standard InChI is InChI=1S/C15H13F3N2O5S2/c16-15(17,18)25-10-1-3-11(4-2-10)27(23,24)20-8-13-9(5-6-26-13)7-12(20)14(21)19-22/h1-6,12,22H,7-8H2,(H,19,21)/t12-/m1/s1. The number of hydrogen-bond donors (Lipinski definition) is 2. The lowest BCUT2D eigenvalue weighted by molar-refractivity contribution is -0.274. The Kier molecular flexibility index (Phi) is 5.16. The van der Waals surface area contributed by atoms with Crippen LogP contribution in [0, 0.1) is 0 Å². The monoisotopic (exact) mass is 422 g/mol. The van der Waals surface area contributed by atoms with Gasteiger partial charge in [0.2, 0.25) is 10.0 Å². The molecule has 1 aliphatic rings. The lowest BCUT2D eigenvalue weighted by Gasteiger charge is -2.33. The second-order valence-corrected chi connectivity index (χ2v) is 8.53. The molecule has 1 amide bonds. The van der Waals surface area contributed by atoms with E-state index in [1.807, 2.05) is 0 Å². The third-order valence-electron chi connectivity index (χ3n) is 3.97. The molecule has 1 aromatic heterocycles. The summed E-state index contributed by atoms with van der Waals surface area (Å²) in [7, 11) is -4.22. The summed E-state index contributed by atoms with van der Waals surface area (Å²) in [5, 5.41) is 10.7. The Morgan fingerprint density at radius 1 is 1.26 bits per heavy atom. The summed E-state index contributed by atoms with van der Waals surface area (Å²) in [6.45, 7) is -0.0891. The molecule has 7 nitrogen and oxygen atoms in total. The van der Waals surface area contributed by atoms with Gasteiger partial charge in [-0.1, -0.05) is 0 Å². The van der Waals surface area contributed by atoms with E-state index in [0.717, 1.165) is 39.0 Å². The van der Waals surface area contributed by atoms with Gasteiger partial charge in [0.05, 0.1) is 4.90 Å². The quantitative estimate of drug-likeness (QED) is 0.582. The first-order valence-electron chi connectivity index (χ1n) is 7.48. The van der Waals surface area contributed by atoms with Gasteiger partial charge in [-0.25, -0.2) is 13.9 Å². The molecule has 2 heterocycles. The Hall–Kier alpha value is -2.15. The van der Waals surface area contributed by atoms with Crippen molar-refractivity contribution in [2.45, 2.75) is 30.3 Å². The molecule has 1 aliphatic heterocycles. The lowest BCUT2D eigenvalue weighted by Crippen LogP contribution is -2.51. The maximum absolute atomic E-state index is 13.0. The first kappa shape index (κ1) is 19.6. The molecular formula is C15H13F3N2O5S2. The summed E-state index contributed by atoms with van der Waals surface area (Å²) in [5.41, 5.74) is 2.26. The van der Waals surface area contributed by atoms with Gasteiger partial charge in [-0.3, -0.25) is 10.0 Å². The summed E-state index contributed by atoms with van der Waals surface area (Å²) < 4.78 is 67.3. The number of thiophene rings is 1. The SMILES string of the molecule is O=C(NO)[C@H]1Cc2ccsc2CN1S(=O)(=O)c1ccc(OC(F)(F)F)cc1. The van der Waals surface area contributed by atoms with Crippen molar-refractivity contribution in [1.82, 2.24) is 9.79 Å². The van der Waals surface area contributed by atoms with Crippen LogP contribution in [0.1, 0.15) is 10.4 Å². The largest absolute Gasteiger partial charge is 0.573 e. The number of nitrogens with zero attached hydrogens (tertiary/aromatic N) is 1. The maximum atomic E-state index is 13.0. The number of carbonyl (C=O) groups is 1. The highest BCUT2D eigenvalue weighted by molar-refractivity contribution is 7.89. The van der Waals surface area contributed by atoms with Crippen molar-refractivity contribution in [3.05, 3.63) is 46.2 Å². The number of hydrogen-bond acceptors (Lipinski definition) is 6. The number of hydroxylamine groups is 1. The van der Waals surface area contributed by atoms with E-state index < -0.39 is 34.1 Å². The van der Waals surface area contributed by atoms with Gasteiger partial charge in [0.25, 0.3) is 5.91 Å². The van der Waals surface area contributed by atoms with Crippen LogP contribution in [0.3, 0.4) is 0 Å². The summed E-state index contributed by atoms with van der Waals surface area (Å²) in [4.78, 5) is 12.4. The second-order valence-electron chi connectivity index (χ2n) is 5.63. The Labute approximate surface area is 156 Å². The van der Waals surface area contributed by atoms with Gasteiger partial charge in [0, 0.05) is 11.4 Å². The number of amides is 1. The first-order valence-corrected chi connectivity index (χ1v) is 9.80. The maximum Gasteiger partial charge on any atom is 0.573 e. The summed E-state index contributed by atoms with van der Waals surface area (Å²) >= 11 is 1.33. The third kappa shape index (κ3) is 4.08. The van der Waals surface area contributed by atoms with Crippen molar-refractivity contribution >= 4 is 27.3 Å². The van der Waals surface area contributed by atoms with Gasteiger partial charge in [0.1, 0.15) is 11.8 Å². The van der Waals surface area contributed by atoms with Crippen LogP contribution in [0.2, 0.25) is 0 Å². The summed E-state index contributed by atoms with van der Waals surface area (Å²) in [6.07, 6.45) is -4.83. The van der Waals surface area contributed by atoms with E-state index in [0.29, 0.717) is 0 Å². The average molecular weight is 422 g/mol. The molecule has 12 heteroatoms. The van der Waals surface area contributed by atoms with Crippen molar-refractivity contribution in [2.75, 3.05) is 0 Å². The summed E-state index contributed by atoms with van der Waals surface area (Å²) in [6, 6.07) is 4.27. The number of alkyl halides is 3. The van der Waals surface area contributed by atoms with Crippen LogP contribution in [-0.4, -0.2) is 36.2 Å². The molecule has 0 bridgehead atoms. The molecule has 0 spiro atoms. The van der Waals surface area contributed by atoms with Gasteiger partial charge in [-0.15, -0.1) is 24.5 Å². The first-order chi connectivity index (χ1) is 12.6. The van der Waals surface area contributed by atoms with Crippen molar-refractivity contribution < 1.29 is 36.3 Å². The molecule has 1 aromatic carbocycles. The minimum atomic E-state index is -4.90. The zero-order chi connectivity index (χ0) is 19.8. The highest BCUT2D eigenvalue weighted by Gasteiger charge is 2.40. The smallest absolute Gasteiger partial charge is 0.406 e. The number of carbonyl (C=O) groups excluding carboxylic acids is 1. The normalized spacial score (nSPS) is 18.0. The van der Waals surface area contributed by atoms with Gasteiger partial charge < -0.3 is 4.74 Å². The van der Waals surface area contributed by atoms with Gasteiger partial charge >= 0.3 is 6.36 Å². The van der Waals surface area contributed by atoms with E-state index in [1.165, 1.54) is 16.8 Å². The van der Waals surface area contributed by atoms with Gasteiger partial charge in [-0.05, 0) is 47.7 Å². The van der Waals surface area contributed by atoms with E-state index >= 15 is 0 Å². The minimum Gasteiger partial charge on any atom is -0.406 e. The Morgan fingerprint density at radius 3 is 2.52 bits per heavy atom. The van der Waals surface area contributed by atoms with Crippen molar-refractivity contribution in [3.8, 4) is 5.75 Å². The molecule has 2 N–H and O–H groups in total. The zero-order valence-electron chi connectivity index (χ0n) is 13.4. The number of fused-ring (bicyclic) bond motifs is 1. The number of sulfonamides is 1. The molecule has 3 rings (SSSR count). The molecule has 0 saturated carbocycles. The number of benzene rings is 1. The zero-order valence-corrected chi connectivity index (χ0v) is 15.1. The van der Waals surface area contributed by atoms with Crippen LogP contribution in [0.15, 0.2) is 40.6 Å². The van der Waals surface area contributed by atoms with Crippen LogP contribution in [0.4, 0.5) is 13.2 Å². The number of halogens is 3. The predicted molar refractivity (Wildman–Crippen MR) is 87.6 cm³/mol. The average Bonchev–Trinajstić information content (AvgIpc) is 3.06. The molecule has 146 valence electrons. The van der Waals surface area contributed by atoms with E-state index in [1.54, 1.807) is 11.4 Å².